The number of nitrogens with one attached hydrogen (secondary N) is 2. The largest absolute Gasteiger partial charge is 0.507 e. The van der Waals surface area contributed by atoms with Crippen molar-refractivity contribution in [3.8, 4) is 22.9 Å². The second-order valence-electron chi connectivity index (χ2n) is 7.59. The van der Waals surface area contributed by atoms with Gasteiger partial charge in [0.2, 0.25) is 10.0 Å². The van der Waals surface area contributed by atoms with Crippen LogP contribution in [-0.4, -0.2) is 45.5 Å². The predicted molar refractivity (Wildman–Crippen MR) is 123 cm³/mol. The number of phenolic OH excluding ortho intramolecular Hbond substituents is 1. The number of benzene rings is 2. The number of aromatic nitrogens is 3. The van der Waals surface area contributed by atoms with Gasteiger partial charge in [0.05, 0.1) is 24.6 Å². The molecule has 0 atom stereocenters. The predicted octanol–water partition coefficient (Wildman–Crippen LogP) is 2.46. The van der Waals surface area contributed by atoms with Gasteiger partial charge in [-0.1, -0.05) is 23.2 Å². The summed E-state index contributed by atoms with van der Waals surface area (Å²) in [6.45, 7) is 0. The van der Waals surface area contributed by atoms with Gasteiger partial charge in [-0.15, -0.1) is 0 Å². The van der Waals surface area contributed by atoms with E-state index in [4.69, 9.17) is 30.7 Å². The number of H-pyrrole nitrogens is 1. The highest BCUT2D eigenvalue weighted by atomic mass is 35.5. The molecule has 3 aromatic rings. The Morgan fingerprint density at radius 1 is 1.25 bits per heavy atom. The van der Waals surface area contributed by atoms with Crippen molar-refractivity contribution in [2.24, 2.45) is 0 Å². The SMILES string of the molecule is [2H]c1c(Cl)c(Oc2ccc(O)c(S(=O)(=O)NC3CC(O)C3)c2)c(Cl)c([2H])c1-n1nc(C(F)F)c(=O)[nH]c1=O. The maximum atomic E-state index is 13.1. The third-order valence-corrected chi connectivity index (χ3v) is 7.08. The van der Waals surface area contributed by atoms with Gasteiger partial charge in [0.15, 0.2) is 11.4 Å². The third-order valence-electron chi connectivity index (χ3n) is 5.00. The number of nitrogens with zero attached hydrogens (tertiary/aromatic N) is 2. The number of sulfonamides is 1. The summed E-state index contributed by atoms with van der Waals surface area (Å²) in [5.41, 5.74) is -4.89. The molecule has 0 bridgehead atoms. The summed E-state index contributed by atoms with van der Waals surface area (Å²) in [6.07, 6.45) is -3.64. The number of aromatic amines is 1. The summed E-state index contributed by atoms with van der Waals surface area (Å²) in [5, 5.41) is 21.5. The molecule has 11 nitrogen and oxygen atoms in total. The summed E-state index contributed by atoms with van der Waals surface area (Å²) >= 11 is 12.4. The number of ether oxygens (including phenoxy) is 1. The van der Waals surface area contributed by atoms with Crippen LogP contribution in [0.1, 0.15) is 27.7 Å². The molecule has 0 radical (unpaired) electrons. The van der Waals surface area contributed by atoms with Crippen LogP contribution in [0.25, 0.3) is 5.69 Å². The summed E-state index contributed by atoms with van der Waals surface area (Å²) < 4.78 is 76.2. The average Bonchev–Trinajstić information content (AvgIpc) is 2.81. The first-order valence-electron chi connectivity index (χ1n) is 10.9. The van der Waals surface area contributed by atoms with E-state index in [0.717, 1.165) is 18.2 Å². The number of alkyl halides is 2. The molecule has 0 aliphatic heterocycles. The molecule has 0 saturated heterocycles. The van der Waals surface area contributed by atoms with E-state index in [2.05, 4.69) is 9.82 Å². The van der Waals surface area contributed by atoms with Crippen LogP contribution in [0.15, 0.2) is 44.8 Å². The second-order valence-corrected chi connectivity index (χ2v) is 10.0. The van der Waals surface area contributed by atoms with Gasteiger partial charge in [-0.05, 0) is 37.1 Å². The zero-order valence-corrected chi connectivity index (χ0v) is 20.0. The summed E-state index contributed by atoms with van der Waals surface area (Å²) in [6, 6.07) is 0.892. The van der Waals surface area contributed by atoms with Crippen molar-refractivity contribution in [3.63, 3.8) is 0 Å². The van der Waals surface area contributed by atoms with Gasteiger partial charge in [0, 0.05) is 12.1 Å². The van der Waals surface area contributed by atoms with Gasteiger partial charge < -0.3 is 14.9 Å². The molecular weight excluding hydrogens is 549 g/mol. The van der Waals surface area contributed by atoms with Crippen LogP contribution in [0.4, 0.5) is 8.78 Å². The molecule has 0 unspecified atom stereocenters. The van der Waals surface area contributed by atoms with Crippen molar-refractivity contribution in [1.29, 1.82) is 0 Å². The number of rotatable bonds is 7. The maximum absolute atomic E-state index is 13.1. The first-order valence-corrected chi connectivity index (χ1v) is 12.2. The second kappa shape index (κ2) is 9.78. The zero-order valence-electron chi connectivity index (χ0n) is 19.6. The van der Waals surface area contributed by atoms with E-state index in [9.17, 15) is 37.0 Å². The number of phenols is 1. The molecule has 0 amide bonds. The van der Waals surface area contributed by atoms with E-state index in [1.807, 2.05) is 0 Å². The number of hydrogen-bond acceptors (Lipinski definition) is 8. The van der Waals surface area contributed by atoms with Crippen molar-refractivity contribution < 1.29 is 34.9 Å². The quantitative estimate of drug-likeness (QED) is 0.338. The lowest BCUT2D eigenvalue weighted by Crippen LogP contribution is -2.46. The molecular formula is C20H16Cl2F2N4O7S. The van der Waals surface area contributed by atoms with Crippen LogP contribution in [0.5, 0.6) is 17.2 Å². The molecule has 0 spiro atoms. The minimum absolute atomic E-state index is 0.170. The van der Waals surface area contributed by atoms with Crippen LogP contribution in [-0.2, 0) is 10.0 Å². The lowest BCUT2D eigenvalue weighted by Gasteiger charge is -2.31. The van der Waals surface area contributed by atoms with Crippen molar-refractivity contribution in [2.75, 3.05) is 0 Å². The third kappa shape index (κ3) is 5.22. The average molecular weight is 567 g/mol. The van der Waals surface area contributed by atoms with Crippen molar-refractivity contribution in [2.45, 2.75) is 36.3 Å². The molecule has 16 heteroatoms. The van der Waals surface area contributed by atoms with Gasteiger partial charge in [0.1, 0.15) is 16.4 Å². The van der Waals surface area contributed by atoms with Crippen LogP contribution in [0, 0.1) is 0 Å². The molecule has 2 aromatic carbocycles. The standard InChI is InChI=1S/C20H16Cl2F2N4O7S/c21-12-5-9(28-20(32)25-19(31)16(26-28)18(23)24)6-13(22)17(12)35-11-1-2-14(30)15(7-11)36(33,34)27-8-3-10(29)4-8/h1-2,5-8,10,18,27,29-30H,3-4H2,(H,25,31,32)/i5D,6D. The minimum atomic E-state index is -4.26. The number of aromatic hydroxyl groups is 1. The normalized spacial score (nSPS) is 18.5. The topological polar surface area (TPSA) is 164 Å². The van der Waals surface area contributed by atoms with Crippen LogP contribution < -0.4 is 20.7 Å². The monoisotopic (exact) mass is 566 g/mol. The summed E-state index contributed by atoms with van der Waals surface area (Å²) in [5.74, 6) is -1.40. The van der Waals surface area contributed by atoms with Crippen molar-refractivity contribution >= 4 is 33.2 Å². The van der Waals surface area contributed by atoms with E-state index in [1.165, 1.54) is 0 Å². The summed E-state index contributed by atoms with van der Waals surface area (Å²) in [4.78, 5) is 24.8. The Hall–Kier alpha value is -3.04. The molecule has 1 aliphatic carbocycles. The fourth-order valence-corrected chi connectivity index (χ4v) is 5.08. The van der Waals surface area contributed by atoms with Gasteiger partial charge in [-0.25, -0.2) is 26.7 Å². The van der Waals surface area contributed by atoms with Crippen molar-refractivity contribution in [3.05, 3.63) is 66.9 Å². The van der Waals surface area contributed by atoms with E-state index in [0.29, 0.717) is 0 Å². The number of aliphatic hydroxyl groups is 1. The molecule has 192 valence electrons. The number of halogens is 4. The Labute approximate surface area is 213 Å². The Morgan fingerprint density at radius 2 is 1.89 bits per heavy atom. The Kier molecular flexibility index (Phi) is 6.35. The van der Waals surface area contributed by atoms with E-state index < -0.39 is 89.7 Å². The smallest absolute Gasteiger partial charge is 0.349 e. The van der Waals surface area contributed by atoms with Gasteiger partial charge in [0.25, 0.3) is 12.0 Å². The highest BCUT2D eigenvalue weighted by molar-refractivity contribution is 7.89. The Balaban J connectivity index is 1.75. The van der Waals surface area contributed by atoms with Crippen molar-refractivity contribution in [1.82, 2.24) is 19.5 Å². The molecule has 36 heavy (non-hydrogen) atoms. The molecule has 4 rings (SSSR count). The number of hydrogen-bond donors (Lipinski definition) is 4. The minimum Gasteiger partial charge on any atom is -0.507 e. The molecule has 1 saturated carbocycles. The summed E-state index contributed by atoms with van der Waals surface area (Å²) in [7, 11) is -4.26. The molecule has 1 fully saturated rings. The zero-order chi connectivity index (χ0) is 28.1. The van der Waals surface area contributed by atoms with Crippen LogP contribution in [0.2, 0.25) is 10.0 Å². The lowest BCUT2D eigenvalue weighted by molar-refractivity contribution is 0.0712. The molecule has 4 N–H and O–H groups in total. The van der Waals surface area contributed by atoms with E-state index in [1.54, 1.807) is 4.98 Å². The molecule has 1 aromatic heterocycles. The van der Waals surface area contributed by atoms with Crippen LogP contribution in [0.3, 0.4) is 0 Å². The Bertz CT molecular complexity index is 1640. The van der Waals surface area contributed by atoms with E-state index >= 15 is 0 Å². The van der Waals surface area contributed by atoms with Gasteiger partial charge >= 0.3 is 5.69 Å². The fraction of sp³-hybridized carbons (Fsp3) is 0.250. The van der Waals surface area contributed by atoms with Gasteiger partial charge in [-0.2, -0.15) is 9.78 Å². The number of aliphatic hydroxyl groups excluding tert-OH is 1. The molecule has 1 heterocycles. The molecule has 1 aliphatic rings. The van der Waals surface area contributed by atoms with Crippen LogP contribution >= 0.6 is 23.2 Å². The van der Waals surface area contributed by atoms with Gasteiger partial charge in [-0.3, -0.25) is 9.78 Å². The van der Waals surface area contributed by atoms with E-state index in [-0.39, 0.29) is 23.3 Å². The maximum Gasteiger partial charge on any atom is 0.349 e. The highest BCUT2D eigenvalue weighted by Gasteiger charge is 2.32. The first-order chi connectivity index (χ1) is 17.7. The fourth-order valence-electron chi connectivity index (χ4n) is 3.21. The Morgan fingerprint density at radius 3 is 2.47 bits per heavy atom. The first kappa shape index (κ1) is 23.4. The lowest BCUT2D eigenvalue weighted by atomic mass is 9.91. The highest BCUT2D eigenvalue weighted by Crippen LogP contribution is 2.39.